The Morgan fingerprint density at radius 3 is 2.35 bits per heavy atom. The Morgan fingerprint density at radius 1 is 1.35 bits per heavy atom. The molecule has 0 radical (unpaired) electrons. The number of aromatic carboxylic acids is 1. The number of nitrogens with one attached hydrogen (secondary N) is 1. The number of hydrogen-bond acceptors (Lipinski definition) is 6. The Kier molecular flexibility index (Phi) is 4.56. The van der Waals surface area contributed by atoms with E-state index in [1.54, 1.807) is 0 Å². The highest BCUT2D eigenvalue weighted by Crippen LogP contribution is 2.19. The summed E-state index contributed by atoms with van der Waals surface area (Å²) >= 11 is 0. The van der Waals surface area contributed by atoms with E-state index in [0.717, 1.165) is 17.6 Å². The molecule has 0 aliphatic carbocycles. The number of carbonyl (C=O) groups is 1. The van der Waals surface area contributed by atoms with Gasteiger partial charge in [-0.1, -0.05) is 0 Å². The minimum absolute atomic E-state index is 0.104. The Morgan fingerprint density at radius 2 is 1.90 bits per heavy atom. The highest BCUT2D eigenvalue weighted by atomic mass is 32.2. The van der Waals surface area contributed by atoms with E-state index in [0.29, 0.717) is 0 Å². The van der Waals surface area contributed by atoms with Gasteiger partial charge in [0, 0.05) is 25.5 Å². The maximum Gasteiger partial charge on any atom is 0.340 e. The van der Waals surface area contributed by atoms with Gasteiger partial charge in [-0.25, -0.2) is 21.6 Å². The lowest BCUT2D eigenvalue weighted by Gasteiger charge is -2.15. The van der Waals surface area contributed by atoms with Gasteiger partial charge in [0.2, 0.25) is 5.03 Å². The number of nitrogens with zero attached hydrogens (tertiary/aromatic N) is 2. The molecule has 0 unspecified atom stereocenters. The summed E-state index contributed by atoms with van der Waals surface area (Å²) in [4.78, 5) is 11.1. The molecule has 0 atom stereocenters. The zero-order valence-electron chi connectivity index (χ0n) is 11.1. The zero-order chi connectivity index (χ0) is 15.7. The van der Waals surface area contributed by atoms with Crippen molar-refractivity contribution in [2.45, 2.75) is 11.9 Å². The van der Waals surface area contributed by atoms with E-state index < -0.39 is 36.4 Å². The van der Waals surface area contributed by atoms with E-state index in [4.69, 9.17) is 5.11 Å². The van der Waals surface area contributed by atoms with Crippen LogP contribution in [0.1, 0.15) is 16.1 Å². The number of sulfone groups is 1. The van der Waals surface area contributed by atoms with E-state index in [9.17, 15) is 21.6 Å². The first-order valence-electron chi connectivity index (χ1n) is 5.39. The fraction of sp³-hybridized carbons (Fsp3) is 0.556. The second-order valence-electron chi connectivity index (χ2n) is 4.29. The third kappa shape index (κ3) is 3.55. The van der Waals surface area contributed by atoms with Crippen LogP contribution in [0.2, 0.25) is 0 Å². The first kappa shape index (κ1) is 16.6. The predicted molar refractivity (Wildman–Crippen MR) is 69.8 cm³/mol. The van der Waals surface area contributed by atoms with Crippen molar-refractivity contribution in [3.05, 3.63) is 11.3 Å². The number of carboxylic acid groups (broad SMARTS) is 1. The third-order valence-electron chi connectivity index (χ3n) is 2.56. The van der Waals surface area contributed by atoms with Gasteiger partial charge in [0.1, 0.15) is 15.4 Å². The molecule has 0 aromatic carbocycles. The van der Waals surface area contributed by atoms with Crippen LogP contribution in [0.3, 0.4) is 0 Å². The van der Waals surface area contributed by atoms with E-state index in [2.05, 4.69) is 10.2 Å². The van der Waals surface area contributed by atoms with Crippen molar-refractivity contribution in [1.82, 2.24) is 14.5 Å². The molecule has 0 saturated carbocycles. The van der Waals surface area contributed by atoms with Crippen LogP contribution < -0.4 is 0 Å². The minimum atomic E-state index is -4.17. The number of rotatable bonds is 6. The largest absolute Gasteiger partial charge is 0.478 e. The molecule has 1 heterocycles. The standard InChI is InChI=1S/C9H15N3O6S2/c1-6-7(9(13)14)8(11-10-6)20(17,18)12(2)4-5-19(3,15)16/h4-5H2,1-3H3,(H,10,11)(H,13,14). The van der Waals surface area contributed by atoms with Gasteiger partial charge in [-0.3, -0.25) is 5.10 Å². The van der Waals surface area contributed by atoms with Gasteiger partial charge in [0.25, 0.3) is 10.0 Å². The lowest BCUT2D eigenvalue weighted by Crippen LogP contribution is -2.32. The number of carboxylic acids is 1. The SMILES string of the molecule is Cc1[nH]nc(S(=O)(=O)N(C)CCS(C)(=O)=O)c1C(=O)O. The molecule has 0 aliphatic rings. The van der Waals surface area contributed by atoms with E-state index in [1.165, 1.54) is 6.92 Å². The van der Waals surface area contributed by atoms with Gasteiger partial charge in [0.15, 0.2) is 0 Å². The summed E-state index contributed by atoms with van der Waals surface area (Å²) in [5.41, 5.74) is -0.344. The molecular weight excluding hydrogens is 310 g/mol. The van der Waals surface area contributed by atoms with Crippen molar-refractivity contribution in [3.8, 4) is 0 Å². The van der Waals surface area contributed by atoms with E-state index >= 15 is 0 Å². The second-order valence-corrected chi connectivity index (χ2v) is 8.51. The Labute approximate surface area is 116 Å². The van der Waals surface area contributed by atoms with Crippen molar-refractivity contribution in [2.75, 3.05) is 25.6 Å². The molecule has 2 N–H and O–H groups in total. The summed E-state index contributed by atoms with van der Waals surface area (Å²) < 4.78 is 47.2. The van der Waals surface area contributed by atoms with E-state index in [-0.39, 0.29) is 18.0 Å². The van der Waals surface area contributed by atoms with E-state index in [1.807, 2.05) is 0 Å². The topological polar surface area (TPSA) is 137 Å². The van der Waals surface area contributed by atoms with Crippen molar-refractivity contribution in [3.63, 3.8) is 0 Å². The zero-order valence-corrected chi connectivity index (χ0v) is 12.7. The van der Waals surface area contributed by atoms with Crippen LogP contribution in [0.25, 0.3) is 0 Å². The third-order valence-corrected chi connectivity index (χ3v) is 5.27. The molecule has 0 fully saturated rings. The summed E-state index contributed by atoms with van der Waals surface area (Å²) in [5, 5.41) is 14.2. The number of aromatic nitrogens is 2. The number of H-pyrrole nitrogens is 1. The van der Waals surface area contributed by atoms with Crippen LogP contribution in [0, 0.1) is 6.92 Å². The molecule has 1 aromatic rings. The fourth-order valence-corrected chi connectivity index (χ4v) is 3.41. The first-order chi connectivity index (χ1) is 8.97. The predicted octanol–water partition coefficient (Wildman–Crippen LogP) is -0.919. The number of aryl methyl sites for hydroxylation is 1. The van der Waals surface area contributed by atoms with Crippen molar-refractivity contribution in [1.29, 1.82) is 0 Å². The molecule has 1 rings (SSSR count). The van der Waals surface area contributed by atoms with Crippen molar-refractivity contribution < 1.29 is 26.7 Å². The molecule has 0 saturated heterocycles. The summed E-state index contributed by atoms with van der Waals surface area (Å²) in [6, 6.07) is 0. The van der Waals surface area contributed by atoms with Crippen molar-refractivity contribution in [2.24, 2.45) is 0 Å². The molecule has 20 heavy (non-hydrogen) atoms. The van der Waals surface area contributed by atoms with Gasteiger partial charge in [-0.15, -0.1) is 0 Å². The molecular formula is C9H15N3O6S2. The summed E-state index contributed by atoms with van der Waals surface area (Å²) in [7, 11) is -6.34. The molecule has 0 bridgehead atoms. The molecule has 9 nitrogen and oxygen atoms in total. The number of hydrogen-bond donors (Lipinski definition) is 2. The maximum atomic E-state index is 12.2. The first-order valence-corrected chi connectivity index (χ1v) is 8.89. The monoisotopic (exact) mass is 325 g/mol. The lowest BCUT2D eigenvalue weighted by atomic mass is 10.3. The molecule has 1 aromatic heterocycles. The van der Waals surface area contributed by atoms with Crippen LogP contribution in [0.5, 0.6) is 0 Å². The fourth-order valence-electron chi connectivity index (χ4n) is 1.41. The highest BCUT2D eigenvalue weighted by Gasteiger charge is 2.31. The quantitative estimate of drug-likeness (QED) is 0.690. The summed E-state index contributed by atoms with van der Waals surface area (Å²) in [6.45, 7) is 1.10. The minimum Gasteiger partial charge on any atom is -0.478 e. The normalized spacial score (nSPS) is 12.8. The molecule has 0 amide bonds. The van der Waals surface area contributed by atoms with Crippen molar-refractivity contribution >= 4 is 25.8 Å². The van der Waals surface area contributed by atoms with Gasteiger partial charge < -0.3 is 5.11 Å². The summed E-state index contributed by atoms with van der Waals surface area (Å²) in [5.74, 6) is -1.79. The number of sulfonamides is 1. The van der Waals surface area contributed by atoms with Crippen LogP contribution in [0.15, 0.2) is 5.03 Å². The molecule has 0 spiro atoms. The van der Waals surface area contributed by atoms with Gasteiger partial charge in [-0.05, 0) is 6.92 Å². The highest BCUT2D eigenvalue weighted by molar-refractivity contribution is 7.91. The van der Waals surface area contributed by atoms with Crippen LogP contribution in [-0.2, 0) is 19.9 Å². The van der Waals surface area contributed by atoms with Crippen LogP contribution in [-0.4, -0.2) is 68.0 Å². The molecule has 11 heteroatoms. The van der Waals surface area contributed by atoms with Gasteiger partial charge in [0.05, 0.1) is 5.75 Å². The molecule has 114 valence electrons. The lowest BCUT2D eigenvalue weighted by molar-refractivity contribution is 0.0691. The second kappa shape index (κ2) is 5.50. The van der Waals surface area contributed by atoms with Crippen LogP contribution in [0.4, 0.5) is 0 Å². The Balaban J connectivity index is 3.14. The Bertz CT molecular complexity index is 719. The summed E-state index contributed by atoms with van der Waals surface area (Å²) in [6.07, 6.45) is 0.981. The molecule has 0 aliphatic heterocycles. The average molecular weight is 325 g/mol. The average Bonchev–Trinajstić information content (AvgIpc) is 2.67. The maximum absolute atomic E-state index is 12.2. The van der Waals surface area contributed by atoms with Gasteiger partial charge >= 0.3 is 5.97 Å². The number of aromatic amines is 1. The van der Waals surface area contributed by atoms with Crippen LogP contribution >= 0.6 is 0 Å². The Hall–Kier alpha value is -1.46. The van der Waals surface area contributed by atoms with Gasteiger partial charge in [-0.2, -0.15) is 9.40 Å². The smallest absolute Gasteiger partial charge is 0.340 e.